The zero-order chi connectivity index (χ0) is 21.0. The number of ether oxygens (including phenoxy) is 2. The molecule has 0 radical (unpaired) electrons. The predicted molar refractivity (Wildman–Crippen MR) is 100 cm³/mol. The highest BCUT2D eigenvalue weighted by atomic mass is 19.1. The molecule has 0 saturated carbocycles. The number of rotatable bonds is 7. The summed E-state index contributed by atoms with van der Waals surface area (Å²) < 4.78 is 24.1. The molecule has 0 bridgehead atoms. The van der Waals surface area contributed by atoms with Crippen LogP contribution in [0.25, 0.3) is 0 Å². The van der Waals surface area contributed by atoms with E-state index in [1.54, 1.807) is 12.1 Å². The zero-order valence-corrected chi connectivity index (χ0v) is 15.5. The lowest BCUT2D eigenvalue weighted by Gasteiger charge is -2.30. The summed E-state index contributed by atoms with van der Waals surface area (Å²) in [6, 6.07) is 9.77. The number of carbonyl (C=O) groups excluding carboxylic acids is 2. The van der Waals surface area contributed by atoms with Crippen molar-refractivity contribution in [1.29, 1.82) is 0 Å². The fourth-order valence-corrected chi connectivity index (χ4v) is 2.71. The zero-order valence-electron chi connectivity index (χ0n) is 15.5. The van der Waals surface area contributed by atoms with Crippen molar-refractivity contribution in [3.63, 3.8) is 0 Å². The molecule has 0 aliphatic carbocycles. The lowest BCUT2D eigenvalue weighted by molar-refractivity contribution is -0.384. The molecule has 0 N–H and O–H groups in total. The van der Waals surface area contributed by atoms with Gasteiger partial charge in [0.15, 0.2) is 18.2 Å². The van der Waals surface area contributed by atoms with Gasteiger partial charge in [0.25, 0.3) is 11.6 Å². The molecule has 0 atom stereocenters. The number of nitro benzene ring substituents is 1. The second kappa shape index (κ2) is 8.55. The monoisotopic (exact) mass is 403 g/mol. The van der Waals surface area contributed by atoms with Crippen molar-refractivity contribution >= 4 is 23.2 Å². The summed E-state index contributed by atoms with van der Waals surface area (Å²) in [5, 5.41) is 11.0. The SMILES string of the molecule is CN(CCOc1ccccc1F)C(=O)CN1C(=O)COc2ccc([N+](=O)[O-])cc21. The van der Waals surface area contributed by atoms with Crippen LogP contribution in [0.1, 0.15) is 0 Å². The van der Waals surface area contributed by atoms with E-state index in [0.717, 1.165) is 4.90 Å². The lowest BCUT2D eigenvalue weighted by atomic mass is 10.2. The van der Waals surface area contributed by atoms with Crippen LogP contribution in [-0.4, -0.2) is 55.0 Å². The number of para-hydroxylation sites is 1. The summed E-state index contributed by atoms with van der Waals surface area (Å²) in [5.41, 5.74) is -0.0500. The number of non-ortho nitro benzene ring substituents is 1. The van der Waals surface area contributed by atoms with Crippen molar-refractivity contribution in [2.45, 2.75) is 0 Å². The van der Waals surface area contributed by atoms with Crippen LogP contribution >= 0.6 is 0 Å². The highest BCUT2D eigenvalue weighted by molar-refractivity contribution is 6.02. The predicted octanol–water partition coefficient (Wildman–Crippen LogP) is 2.00. The first-order valence-electron chi connectivity index (χ1n) is 8.69. The number of likely N-dealkylation sites (N-methyl/N-ethyl adjacent to an activating group) is 1. The van der Waals surface area contributed by atoms with Crippen molar-refractivity contribution in [2.75, 3.05) is 38.3 Å². The van der Waals surface area contributed by atoms with Gasteiger partial charge in [-0.25, -0.2) is 4.39 Å². The van der Waals surface area contributed by atoms with Crippen LogP contribution < -0.4 is 14.4 Å². The van der Waals surface area contributed by atoms with Gasteiger partial charge in [-0.1, -0.05) is 12.1 Å². The maximum absolute atomic E-state index is 13.5. The number of anilines is 1. The molecule has 0 saturated heterocycles. The minimum absolute atomic E-state index is 0.0578. The maximum atomic E-state index is 13.5. The van der Waals surface area contributed by atoms with E-state index in [0.29, 0.717) is 0 Å². The summed E-state index contributed by atoms with van der Waals surface area (Å²) in [5.74, 6) is -1.03. The Morgan fingerprint density at radius 3 is 2.83 bits per heavy atom. The van der Waals surface area contributed by atoms with Gasteiger partial charge in [-0.05, 0) is 18.2 Å². The largest absolute Gasteiger partial charge is 0.489 e. The van der Waals surface area contributed by atoms with Crippen LogP contribution in [0.5, 0.6) is 11.5 Å². The average Bonchev–Trinajstić information content (AvgIpc) is 2.70. The number of halogens is 1. The number of nitro groups is 1. The van der Waals surface area contributed by atoms with E-state index >= 15 is 0 Å². The molecule has 2 amide bonds. The van der Waals surface area contributed by atoms with Crippen LogP contribution in [0.2, 0.25) is 0 Å². The van der Waals surface area contributed by atoms with Crippen LogP contribution in [-0.2, 0) is 9.59 Å². The molecule has 10 heteroatoms. The van der Waals surface area contributed by atoms with Crippen molar-refractivity contribution in [2.24, 2.45) is 0 Å². The van der Waals surface area contributed by atoms with Gasteiger partial charge in [0, 0.05) is 19.2 Å². The summed E-state index contributed by atoms with van der Waals surface area (Å²) in [7, 11) is 1.52. The molecular formula is C19H18FN3O6. The normalized spacial score (nSPS) is 12.8. The summed E-state index contributed by atoms with van der Waals surface area (Å²) in [6.07, 6.45) is 0. The molecule has 1 aliphatic rings. The van der Waals surface area contributed by atoms with Crippen molar-refractivity contribution in [3.05, 3.63) is 58.4 Å². The number of fused-ring (bicyclic) bond motifs is 1. The lowest BCUT2D eigenvalue weighted by Crippen LogP contribution is -2.46. The van der Waals surface area contributed by atoms with E-state index in [4.69, 9.17) is 9.47 Å². The number of hydrogen-bond donors (Lipinski definition) is 0. The molecule has 2 aromatic rings. The fraction of sp³-hybridized carbons (Fsp3) is 0.263. The van der Waals surface area contributed by atoms with Gasteiger partial charge in [-0.3, -0.25) is 24.6 Å². The number of benzene rings is 2. The Hall–Kier alpha value is -3.69. The molecule has 0 fully saturated rings. The second-order valence-corrected chi connectivity index (χ2v) is 6.27. The van der Waals surface area contributed by atoms with Crippen molar-refractivity contribution in [1.82, 2.24) is 4.90 Å². The molecule has 2 aromatic carbocycles. The van der Waals surface area contributed by atoms with Gasteiger partial charge in [-0.15, -0.1) is 0 Å². The van der Waals surface area contributed by atoms with Gasteiger partial charge in [0.1, 0.15) is 18.9 Å². The number of nitrogens with zero attached hydrogens (tertiary/aromatic N) is 3. The van der Waals surface area contributed by atoms with Gasteiger partial charge >= 0.3 is 0 Å². The standard InChI is InChI=1S/C19H18FN3O6/c1-21(8-9-28-16-5-3-2-4-14(16)20)18(24)11-22-15-10-13(23(26)27)6-7-17(15)29-12-19(22)25/h2-7,10H,8-9,11-12H2,1H3. The van der Waals surface area contributed by atoms with E-state index in [9.17, 15) is 24.1 Å². The Labute approximate surface area is 165 Å². The fourth-order valence-electron chi connectivity index (χ4n) is 2.71. The summed E-state index contributed by atoms with van der Waals surface area (Å²) >= 11 is 0. The quantitative estimate of drug-likeness (QED) is 0.518. The van der Waals surface area contributed by atoms with Gasteiger partial charge < -0.3 is 14.4 Å². The van der Waals surface area contributed by atoms with E-state index in [1.165, 1.54) is 42.3 Å². The first-order valence-corrected chi connectivity index (χ1v) is 8.69. The van der Waals surface area contributed by atoms with Crippen LogP contribution in [0.4, 0.5) is 15.8 Å². The minimum atomic E-state index is -0.592. The molecule has 3 rings (SSSR count). The Balaban J connectivity index is 1.64. The molecule has 1 aliphatic heterocycles. The average molecular weight is 403 g/mol. The maximum Gasteiger partial charge on any atom is 0.271 e. The highest BCUT2D eigenvalue weighted by Crippen LogP contribution is 2.35. The Bertz CT molecular complexity index is 951. The molecule has 9 nitrogen and oxygen atoms in total. The van der Waals surface area contributed by atoms with Crippen LogP contribution in [0.3, 0.4) is 0 Å². The third-order valence-corrected chi connectivity index (χ3v) is 4.34. The summed E-state index contributed by atoms with van der Waals surface area (Å²) in [4.78, 5) is 37.7. The number of amides is 2. The third kappa shape index (κ3) is 4.60. The topological polar surface area (TPSA) is 102 Å². The van der Waals surface area contributed by atoms with Gasteiger partial charge in [0.05, 0.1) is 17.2 Å². The van der Waals surface area contributed by atoms with Crippen LogP contribution in [0.15, 0.2) is 42.5 Å². The first kappa shape index (κ1) is 20.1. The molecule has 0 unspecified atom stereocenters. The van der Waals surface area contributed by atoms with Crippen LogP contribution in [0, 0.1) is 15.9 Å². The van der Waals surface area contributed by atoms with E-state index < -0.39 is 22.6 Å². The highest BCUT2D eigenvalue weighted by Gasteiger charge is 2.30. The molecular weight excluding hydrogens is 385 g/mol. The Kier molecular flexibility index (Phi) is 5.91. The van der Waals surface area contributed by atoms with E-state index in [-0.39, 0.29) is 49.2 Å². The first-order chi connectivity index (χ1) is 13.9. The summed E-state index contributed by atoms with van der Waals surface area (Å²) in [6.45, 7) is -0.361. The molecule has 0 aromatic heterocycles. The van der Waals surface area contributed by atoms with Crippen molar-refractivity contribution < 1.29 is 28.4 Å². The van der Waals surface area contributed by atoms with E-state index in [2.05, 4.69) is 0 Å². The van der Waals surface area contributed by atoms with E-state index in [1.807, 2.05) is 0 Å². The number of hydrogen-bond acceptors (Lipinski definition) is 6. The molecule has 1 heterocycles. The third-order valence-electron chi connectivity index (χ3n) is 4.34. The van der Waals surface area contributed by atoms with Gasteiger partial charge in [0.2, 0.25) is 5.91 Å². The Morgan fingerprint density at radius 2 is 2.10 bits per heavy atom. The smallest absolute Gasteiger partial charge is 0.271 e. The van der Waals surface area contributed by atoms with Crippen molar-refractivity contribution in [3.8, 4) is 11.5 Å². The molecule has 29 heavy (non-hydrogen) atoms. The number of carbonyl (C=O) groups is 2. The molecule has 152 valence electrons. The minimum Gasteiger partial charge on any atom is -0.489 e. The second-order valence-electron chi connectivity index (χ2n) is 6.27. The Morgan fingerprint density at radius 1 is 1.34 bits per heavy atom. The van der Waals surface area contributed by atoms with Gasteiger partial charge in [-0.2, -0.15) is 0 Å². The molecule has 0 spiro atoms.